The Bertz CT molecular complexity index is 407. The number of fused-ring (bicyclic) bond motifs is 3. The van der Waals surface area contributed by atoms with E-state index in [0.717, 1.165) is 5.92 Å². The van der Waals surface area contributed by atoms with Crippen molar-refractivity contribution in [1.82, 2.24) is 10.2 Å². The predicted molar refractivity (Wildman–Crippen MR) is 75.7 cm³/mol. The lowest BCUT2D eigenvalue weighted by Crippen LogP contribution is -2.56. The molecule has 18 heavy (non-hydrogen) atoms. The first-order chi connectivity index (χ1) is 8.74. The molecule has 3 aliphatic heterocycles. The molecule has 3 saturated heterocycles. The molecule has 0 radical (unpaired) electrons. The molecule has 3 heterocycles. The van der Waals surface area contributed by atoms with Crippen molar-refractivity contribution in [2.45, 2.75) is 38.8 Å². The minimum atomic E-state index is 0.469. The largest absolute Gasteiger partial charge is 0.306 e. The van der Waals surface area contributed by atoms with Crippen molar-refractivity contribution >= 4 is 0 Å². The zero-order chi connectivity index (χ0) is 12.5. The van der Waals surface area contributed by atoms with Crippen LogP contribution in [0.15, 0.2) is 24.3 Å². The van der Waals surface area contributed by atoms with Crippen molar-refractivity contribution in [3.8, 4) is 0 Å². The van der Waals surface area contributed by atoms with Gasteiger partial charge >= 0.3 is 0 Å². The standard InChI is InChI=1S/C16H24N2/c1-12-5-3-4-6-15(12)13(2)17-16-11-18-9-7-14(16)8-10-18/h3-6,13-14,16-17H,7-11H2,1-2H3/t13-,16?/m0/s1. The maximum atomic E-state index is 3.87. The average Bonchev–Trinajstić information content (AvgIpc) is 2.40. The molecule has 2 atom stereocenters. The number of rotatable bonds is 3. The van der Waals surface area contributed by atoms with Crippen molar-refractivity contribution in [2.24, 2.45) is 5.92 Å². The Balaban J connectivity index is 1.68. The maximum Gasteiger partial charge on any atom is 0.0297 e. The molecule has 1 unspecified atom stereocenters. The SMILES string of the molecule is Cc1ccccc1[C@H](C)NC1CN2CCC1CC2. The Kier molecular flexibility index (Phi) is 3.40. The number of hydrogen-bond acceptors (Lipinski definition) is 2. The van der Waals surface area contributed by atoms with Gasteiger partial charge in [-0.25, -0.2) is 0 Å². The fourth-order valence-electron chi connectivity index (χ4n) is 3.64. The number of piperidine rings is 3. The monoisotopic (exact) mass is 244 g/mol. The molecule has 4 rings (SSSR count). The van der Waals surface area contributed by atoms with Crippen LogP contribution in [0.4, 0.5) is 0 Å². The third-order valence-electron chi connectivity index (χ3n) is 4.78. The van der Waals surface area contributed by atoms with E-state index < -0.39 is 0 Å². The topological polar surface area (TPSA) is 15.3 Å². The third kappa shape index (κ3) is 2.32. The van der Waals surface area contributed by atoms with E-state index in [1.807, 2.05) is 0 Å². The second kappa shape index (κ2) is 5.02. The smallest absolute Gasteiger partial charge is 0.0297 e. The molecule has 0 amide bonds. The first-order valence-electron chi connectivity index (χ1n) is 7.28. The van der Waals surface area contributed by atoms with Gasteiger partial charge in [0.2, 0.25) is 0 Å². The lowest BCUT2D eigenvalue weighted by Gasteiger charge is -2.46. The summed E-state index contributed by atoms with van der Waals surface area (Å²) in [6.45, 7) is 8.41. The van der Waals surface area contributed by atoms with Gasteiger partial charge in [0.25, 0.3) is 0 Å². The highest BCUT2D eigenvalue weighted by atomic mass is 15.2. The Morgan fingerprint density at radius 3 is 2.56 bits per heavy atom. The summed E-state index contributed by atoms with van der Waals surface area (Å²) >= 11 is 0. The van der Waals surface area contributed by atoms with E-state index in [1.54, 1.807) is 0 Å². The van der Waals surface area contributed by atoms with Crippen LogP contribution in [0.2, 0.25) is 0 Å². The van der Waals surface area contributed by atoms with E-state index in [2.05, 4.69) is 48.3 Å². The summed E-state index contributed by atoms with van der Waals surface area (Å²) in [4.78, 5) is 2.61. The van der Waals surface area contributed by atoms with Crippen molar-refractivity contribution in [2.75, 3.05) is 19.6 Å². The number of nitrogens with zero attached hydrogens (tertiary/aromatic N) is 1. The minimum Gasteiger partial charge on any atom is -0.306 e. The molecule has 3 aliphatic rings. The number of benzene rings is 1. The lowest BCUT2D eigenvalue weighted by atomic mass is 9.83. The molecule has 1 N–H and O–H groups in total. The first-order valence-corrected chi connectivity index (χ1v) is 7.28. The molecule has 98 valence electrons. The Labute approximate surface area is 110 Å². The zero-order valence-corrected chi connectivity index (χ0v) is 11.5. The van der Waals surface area contributed by atoms with Crippen molar-refractivity contribution in [3.63, 3.8) is 0 Å². The average molecular weight is 244 g/mol. The van der Waals surface area contributed by atoms with Crippen molar-refractivity contribution < 1.29 is 0 Å². The molecule has 1 aromatic carbocycles. The van der Waals surface area contributed by atoms with Crippen molar-refractivity contribution in [3.05, 3.63) is 35.4 Å². The second-order valence-corrected chi connectivity index (χ2v) is 5.99. The maximum absolute atomic E-state index is 3.87. The summed E-state index contributed by atoms with van der Waals surface area (Å²) in [6, 6.07) is 9.91. The zero-order valence-electron chi connectivity index (χ0n) is 11.5. The fourth-order valence-corrected chi connectivity index (χ4v) is 3.64. The molecule has 2 nitrogen and oxygen atoms in total. The van der Waals surface area contributed by atoms with E-state index in [0.29, 0.717) is 12.1 Å². The number of nitrogens with one attached hydrogen (secondary N) is 1. The van der Waals surface area contributed by atoms with Gasteiger partial charge in [-0.15, -0.1) is 0 Å². The summed E-state index contributed by atoms with van der Waals surface area (Å²) in [7, 11) is 0. The summed E-state index contributed by atoms with van der Waals surface area (Å²) < 4.78 is 0. The molecule has 2 heteroatoms. The van der Waals surface area contributed by atoms with Crippen molar-refractivity contribution in [1.29, 1.82) is 0 Å². The Morgan fingerprint density at radius 1 is 1.22 bits per heavy atom. The van der Waals surface area contributed by atoms with Gasteiger partial charge in [0.1, 0.15) is 0 Å². The van der Waals surface area contributed by atoms with E-state index >= 15 is 0 Å². The van der Waals surface area contributed by atoms with Gasteiger partial charge in [0, 0.05) is 18.6 Å². The van der Waals surface area contributed by atoms with Crippen LogP contribution >= 0.6 is 0 Å². The summed E-state index contributed by atoms with van der Waals surface area (Å²) in [5, 5.41) is 3.87. The summed E-state index contributed by atoms with van der Waals surface area (Å²) in [5.74, 6) is 0.904. The molecule has 0 aromatic heterocycles. The van der Waals surface area contributed by atoms with E-state index in [1.165, 1.54) is 43.6 Å². The fraction of sp³-hybridized carbons (Fsp3) is 0.625. The van der Waals surface area contributed by atoms with Crippen LogP contribution in [-0.4, -0.2) is 30.6 Å². The highest BCUT2D eigenvalue weighted by molar-refractivity contribution is 5.28. The van der Waals surface area contributed by atoms with Crippen LogP contribution in [0.5, 0.6) is 0 Å². The summed E-state index contributed by atoms with van der Waals surface area (Å²) in [6.07, 6.45) is 2.77. The van der Waals surface area contributed by atoms with E-state index in [-0.39, 0.29) is 0 Å². The molecule has 2 bridgehead atoms. The van der Waals surface area contributed by atoms with Crippen LogP contribution in [0.1, 0.15) is 36.9 Å². The Hall–Kier alpha value is -0.860. The summed E-state index contributed by atoms with van der Waals surface area (Å²) in [5.41, 5.74) is 2.85. The molecule has 0 saturated carbocycles. The number of hydrogen-bond donors (Lipinski definition) is 1. The predicted octanol–water partition coefficient (Wildman–Crippen LogP) is 2.74. The van der Waals surface area contributed by atoms with Crippen LogP contribution in [0, 0.1) is 12.8 Å². The molecule has 0 aliphatic carbocycles. The van der Waals surface area contributed by atoms with Gasteiger partial charge in [0.15, 0.2) is 0 Å². The van der Waals surface area contributed by atoms with Gasteiger partial charge in [-0.05, 0) is 56.8 Å². The highest BCUT2D eigenvalue weighted by Gasteiger charge is 2.34. The second-order valence-electron chi connectivity index (χ2n) is 5.99. The normalized spacial score (nSPS) is 32.4. The van der Waals surface area contributed by atoms with Gasteiger partial charge < -0.3 is 10.2 Å². The quantitative estimate of drug-likeness (QED) is 0.879. The van der Waals surface area contributed by atoms with Gasteiger partial charge in [-0.2, -0.15) is 0 Å². The van der Waals surface area contributed by atoms with E-state index in [9.17, 15) is 0 Å². The van der Waals surface area contributed by atoms with Gasteiger partial charge in [0.05, 0.1) is 0 Å². The van der Waals surface area contributed by atoms with Crippen LogP contribution in [-0.2, 0) is 0 Å². The molecule has 1 aromatic rings. The lowest BCUT2D eigenvalue weighted by molar-refractivity contribution is 0.0680. The Morgan fingerprint density at radius 2 is 1.94 bits per heavy atom. The van der Waals surface area contributed by atoms with E-state index in [4.69, 9.17) is 0 Å². The third-order valence-corrected chi connectivity index (χ3v) is 4.78. The van der Waals surface area contributed by atoms with Gasteiger partial charge in [-0.1, -0.05) is 24.3 Å². The number of aryl methyl sites for hydroxylation is 1. The molecular weight excluding hydrogens is 220 g/mol. The minimum absolute atomic E-state index is 0.469. The first kappa shape index (κ1) is 12.2. The highest BCUT2D eigenvalue weighted by Crippen LogP contribution is 2.29. The molecule has 3 fully saturated rings. The van der Waals surface area contributed by atoms with Crippen LogP contribution < -0.4 is 5.32 Å². The van der Waals surface area contributed by atoms with Gasteiger partial charge in [-0.3, -0.25) is 0 Å². The van der Waals surface area contributed by atoms with Crippen LogP contribution in [0.3, 0.4) is 0 Å². The molecule has 0 spiro atoms. The van der Waals surface area contributed by atoms with Crippen LogP contribution in [0.25, 0.3) is 0 Å². The molecular formula is C16H24N2.